The minimum absolute atomic E-state index is 0.0606. The van der Waals surface area contributed by atoms with E-state index in [1.165, 1.54) is 18.4 Å². The molecule has 8 heteroatoms. The Balaban J connectivity index is 1.76. The van der Waals surface area contributed by atoms with Crippen molar-refractivity contribution in [3.8, 4) is 5.75 Å². The average molecular weight is 479 g/mol. The zero-order chi connectivity index (χ0) is 24.2. The lowest BCUT2D eigenvalue weighted by Gasteiger charge is -2.41. The third-order valence-corrected chi connectivity index (χ3v) is 6.89. The summed E-state index contributed by atoms with van der Waals surface area (Å²) in [6, 6.07) is 16.2. The summed E-state index contributed by atoms with van der Waals surface area (Å²) in [6.45, 7) is 1.98. The van der Waals surface area contributed by atoms with E-state index in [-0.39, 0.29) is 18.2 Å². The zero-order valence-electron chi connectivity index (χ0n) is 19.2. The first-order valence-electron chi connectivity index (χ1n) is 10.9. The molecule has 1 aliphatic heterocycles. The van der Waals surface area contributed by atoms with Crippen LogP contribution in [0.1, 0.15) is 39.7 Å². The first-order valence-corrected chi connectivity index (χ1v) is 11.8. The number of hydrogen-bond acceptors (Lipinski definition) is 6. The van der Waals surface area contributed by atoms with Crippen LogP contribution in [0.25, 0.3) is 0 Å². The Hall–Kier alpha value is -3.65. The number of thiophene rings is 1. The van der Waals surface area contributed by atoms with Gasteiger partial charge in [-0.3, -0.25) is 9.59 Å². The maximum Gasteiger partial charge on any atom is 0.350 e. The van der Waals surface area contributed by atoms with Gasteiger partial charge in [0.2, 0.25) is 11.8 Å². The summed E-state index contributed by atoms with van der Waals surface area (Å²) in [5.41, 5.74) is 2.94. The number of esters is 1. The van der Waals surface area contributed by atoms with Crippen LogP contribution in [0, 0.1) is 12.8 Å². The minimum Gasteiger partial charge on any atom is -0.496 e. The smallest absolute Gasteiger partial charge is 0.350 e. The Morgan fingerprint density at radius 2 is 1.79 bits per heavy atom. The number of anilines is 2. The van der Waals surface area contributed by atoms with Crippen molar-refractivity contribution in [1.29, 1.82) is 0 Å². The maximum absolute atomic E-state index is 13.6. The number of carbonyl (C=O) groups is 3. The van der Waals surface area contributed by atoms with E-state index in [4.69, 9.17) is 9.47 Å². The number of carbonyl (C=O) groups excluding carboxylic acids is 3. The summed E-state index contributed by atoms with van der Waals surface area (Å²) < 4.78 is 10.4. The standard InChI is InChI=1S/C26H26N2O5S/c1-16-8-10-17(11-9-16)28-22(29)13-12-19(23(28)18-6-4-5-7-21(18)32-2)25(30)27-20-14-15-34-24(20)26(31)33-3/h4-11,14-15,19,23H,12-13H2,1-3H3,(H,27,30). The Morgan fingerprint density at radius 1 is 1.06 bits per heavy atom. The molecule has 2 amide bonds. The first-order chi connectivity index (χ1) is 16.4. The van der Waals surface area contributed by atoms with Gasteiger partial charge in [0.25, 0.3) is 0 Å². The summed E-state index contributed by atoms with van der Waals surface area (Å²) in [4.78, 5) is 41.0. The number of para-hydroxylation sites is 1. The summed E-state index contributed by atoms with van der Waals surface area (Å²) in [5.74, 6) is -0.811. The topological polar surface area (TPSA) is 84.9 Å². The van der Waals surface area contributed by atoms with Crippen LogP contribution in [-0.4, -0.2) is 32.0 Å². The predicted octanol–water partition coefficient (Wildman–Crippen LogP) is 4.97. The van der Waals surface area contributed by atoms with Crippen LogP contribution in [0.5, 0.6) is 5.75 Å². The van der Waals surface area contributed by atoms with Gasteiger partial charge < -0.3 is 19.7 Å². The van der Waals surface area contributed by atoms with Crippen LogP contribution in [-0.2, 0) is 14.3 Å². The molecule has 0 saturated carbocycles. The van der Waals surface area contributed by atoms with Crippen LogP contribution in [0.4, 0.5) is 11.4 Å². The molecule has 176 valence electrons. The van der Waals surface area contributed by atoms with Crippen molar-refractivity contribution >= 4 is 40.5 Å². The Bertz CT molecular complexity index is 1200. The number of methoxy groups -OCH3 is 2. The molecular weight excluding hydrogens is 452 g/mol. The molecule has 1 aliphatic rings. The summed E-state index contributed by atoms with van der Waals surface area (Å²) in [6.07, 6.45) is 0.596. The lowest BCUT2D eigenvalue weighted by molar-refractivity contribution is -0.125. The van der Waals surface area contributed by atoms with E-state index in [1.807, 2.05) is 55.5 Å². The largest absolute Gasteiger partial charge is 0.496 e. The van der Waals surface area contributed by atoms with Crippen molar-refractivity contribution in [2.45, 2.75) is 25.8 Å². The first kappa shape index (κ1) is 23.5. The van der Waals surface area contributed by atoms with Gasteiger partial charge in [0, 0.05) is 17.7 Å². The Kier molecular flexibility index (Phi) is 6.98. The predicted molar refractivity (Wildman–Crippen MR) is 131 cm³/mol. The third kappa shape index (κ3) is 4.54. The summed E-state index contributed by atoms with van der Waals surface area (Å²) in [5, 5.41) is 4.63. The number of nitrogens with zero attached hydrogens (tertiary/aromatic N) is 1. The third-order valence-electron chi connectivity index (χ3n) is 6.00. The van der Waals surface area contributed by atoms with Crippen molar-refractivity contribution < 1.29 is 23.9 Å². The molecule has 0 aliphatic carbocycles. The number of aryl methyl sites for hydroxylation is 1. The van der Waals surface area contributed by atoms with E-state index in [9.17, 15) is 14.4 Å². The molecule has 1 saturated heterocycles. The second kappa shape index (κ2) is 10.1. The molecule has 3 aromatic rings. The Labute approximate surface area is 202 Å². The zero-order valence-corrected chi connectivity index (χ0v) is 20.1. The molecule has 34 heavy (non-hydrogen) atoms. The molecule has 2 unspecified atom stereocenters. The van der Waals surface area contributed by atoms with E-state index in [1.54, 1.807) is 23.5 Å². The normalized spacial score (nSPS) is 17.9. The molecular formula is C26H26N2O5S. The summed E-state index contributed by atoms with van der Waals surface area (Å²) in [7, 11) is 2.88. The highest BCUT2D eigenvalue weighted by Gasteiger charge is 2.43. The van der Waals surface area contributed by atoms with Gasteiger partial charge >= 0.3 is 5.97 Å². The highest BCUT2D eigenvalue weighted by molar-refractivity contribution is 7.12. The van der Waals surface area contributed by atoms with Crippen molar-refractivity contribution in [2.75, 3.05) is 24.4 Å². The SMILES string of the molecule is COC(=O)c1sccc1NC(=O)C1CCC(=O)N(c2ccc(C)cc2)C1c1ccccc1OC. The lowest BCUT2D eigenvalue weighted by atomic mass is 9.82. The molecule has 1 fully saturated rings. The summed E-state index contributed by atoms with van der Waals surface area (Å²) >= 11 is 1.20. The minimum atomic E-state index is -0.583. The van der Waals surface area contributed by atoms with E-state index in [0.717, 1.165) is 16.8 Å². The van der Waals surface area contributed by atoms with Crippen LogP contribution >= 0.6 is 11.3 Å². The fourth-order valence-electron chi connectivity index (χ4n) is 4.33. The fourth-order valence-corrected chi connectivity index (χ4v) is 5.09. The number of ether oxygens (including phenoxy) is 2. The van der Waals surface area contributed by atoms with Gasteiger partial charge in [-0.2, -0.15) is 0 Å². The molecule has 2 atom stereocenters. The van der Waals surface area contributed by atoms with Crippen molar-refractivity contribution in [1.82, 2.24) is 0 Å². The van der Waals surface area contributed by atoms with E-state index in [2.05, 4.69) is 5.32 Å². The molecule has 4 rings (SSSR count). The number of piperidine rings is 1. The van der Waals surface area contributed by atoms with Crippen molar-refractivity contribution in [3.63, 3.8) is 0 Å². The van der Waals surface area contributed by atoms with Gasteiger partial charge in [-0.05, 0) is 43.0 Å². The van der Waals surface area contributed by atoms with Gasteiger partial charge in [0.15, 0.2) is 0 Å². The molecule has 7 nitrogen and oxygen atoms in total. The number of amides is 2. The number of hydrogen-bond donors (Lipinski definition) is 1. The van der Waals surface area contributed by atoms with Gasteiger partial charge in [-0.25, -0.2) is 4.79 Å². The molecule has 0 radical (unpaired) electrons. The van der Waals surface area contributed by atoms with E-state index in [0.29, 0.717) is 22.7 Å². The molecule has 0 spiro atoms. The number of benzene rings is 2. The molecule has 1 aromatic heterocycles. The van der Waals surface area contributed by atoms with Crippen LogP contribution in [0.15, 0.2) is 60.0 Å². The van der Waals surface area contributed by atoms with Crippen LogP contribution in [0.3, 0.4) is 0 Å². The van der Waals surface area contributed by atoms with Crippen LogP contribution in [0.2, 0.25) is 0 Å². The lowest BCUT2D eigenvalue weighted by Crippen LogP contribution is -2.47. The molecule has 0 bridgehead atoms. The fraction of sp³-hybridized carbons (Fsp3) is 0.269. The van der Waals surface area contributed by atoms with Gasteiger partial charge in [-0.15, -0.1) is 11.3 Å². The maximum atomic E-state index is 13.6. The van der Waals surface area contributed by atoms with E-state index < -0.39 is 17.9 Å². The molecule has 2 heterocycles. The van der Waals surface area contributed by atoms with Crippen molar-refractivity contribution in [3.05, 3.63) is 76.0 Å². The monoisotopic (exact) mass is 478 g/mol. The second-order valence-corrected chi connectivity index (χ2v) is 8.99. The van der Waals surface area contributed by atoms with E-state index >= 15 is 0 Å². The number of nitrogens with one attached hydrogen (secondary N) is 1. The van der Waals surface area contributed by atoms with Crippen LogP contribution < -0.4 is 15.0 Å². The van der Waals surface area contributed by atoms with Gasteiger partial charge in [-0.1, -0.05) is 35.9 Å². The quantitative estimate of drug-likeness (QED) is 0.506. The van der Waals surface area contributed by atoms with Gasteiger partial charge in [0.1, 0.15) is 10.6 Å². The highest BCUT2D eigenvalue weighted by atomic mass is 32.1. The Morgan fingerprint density at radius 3 is 2.50 bits per heavy atom. The molecule has 1 N–H and O–H groups in total. The second-order valence-electron chi connectivity index (χ2n) is 8.08. The van der Waals surface area contributed by atoms with Gasteiger partial charge in [0.05, 0.1) is 31.9 Å². The molecule has 2 aromatic carbocycles. The van der Waals surface area contributed by atoms with Crippen molar-refractivity contribution in [2.24, 2.45) is 5.92 Å². The highest BCUT2D eigenvalue weighted by Crippen LogP contribution is 2.43. The average Bonchev–Trinajstić information content (AvgIpc) is 3.32. The number of rotatable bonds is 6.